The highest BCUT2D eigenvalue weighted by molar-refractivity contribution is 7.92. The van der Waals surface area contributed by atoms with Crippen molar-refractivity contribution in [2.45, 2.75) is 42.0 Å². The maximum absolute atomic E-state index is 14.3. The molecule has 216 valence electrons. The lowest BCUT2D eigenvalue weighted by molar-refractivity contribution is -0.148. The van der Waals surface area contributed by atoms with Crippen LogP contribution in [0.15, 0.2) is 72.4 Å². The van der Waals surface area contributed by atoms with Crippen molar-refractivity contribution >= 4 is 56.6 Å². The number of carbonyl (C=O) groups excluding carboxylic acids is 2. The van der Waals surface area contributed by atoms with Crippen LogP contribution in [0.2, 0.25) is 10.0 Å². The van der Waals surface area contributed by atoms with Crippen LogP contribution in [-0.4, -0.2) is 52.2 Å². The predicted octanol–water partition coefficient (Wildman–Crippen LogP) is 5.01. The predicted molar refractivity (Wildman–Crippen MR) is 156 cm³/mol. The minimum Gasteiger partial charge on any atom is -0.469 e. The second-order valence-electron chi connectivity index (χ2n) is 10.6. The fourth-order valence-corrected chi connectivity index (χ4v) is 8.40. The van der Waals surface area contributed by atoms with E-state index in [-0.39, 0.29) is 17.4 Å². The molecule has 3 heterocycles. The molecule has 1 amide bonds. The molecule has 1 fully saturated rings. The lowest BCUT2D eigenvalue weighted by atomic mass is 9.85. The molecule has 0 saturated heterocycles. The van der Waals surface area contributed by atoms with Gasteiger partial charge in [-0.15, -0.1) is 0 Å². The summed E-state index contributed by atoms with van der Waals surface area (Å²) in [5, 5.41) is -0.505. The molecular weight excluding hydrogens is 601 g/mol. The molecule has 4 aromatic rings. The first-order valence-corrected chi connectivity index (χ1v) is 15.4. The Kier molecular flexibility index (Phi) is 7.07. The van der Waals surface area contributed by atoms with Crippen LogP contribution < -0.4 is 4.90 Å². The Labute approximate surface area is 252 Å². The van der Waals surface area contributed by atoms with Crippen molar-refractivity contribution in [1.29, 1.82) is 0 Å². The highest BCUT2D eigenvalue weighted by Crippen LogP contribution is 2.47. The zero-order valence-electron chi connectivity index (χ0n) is 22.6. The first-order chi connectivity index (χ1) is 20.0. The van der Waals surface area contributed by atoms with Crippen LogP contribution in [0.5, 0.6) is 0 Å². The van der Waals surface area contributed by atoms with Gasteiger partial charge in [-0.1, -0.05) is 47.5 Å². The molecule has 2 aromatic heterocycles. The molecule has 0 spiro atoms. The van der Waals surface area contributed by atoms with E-state index in [2.05, 4.69) is 15.0 Å². The fraction of sp³-hybridized carbons (Fsp3) is 0.276. The first kappa shape index (κ1) is 28.3. The third-order valence-electron chi connectivity index (χ3n) is 7.97. The normalized spacial score (nSPS) is 21.6. The molecule has 1 saturated carbocycles. The van der Waals surface area contributed by atoms with Gasteiger partial charge in [0.25, 0.3) is 5.91 Å². The van der Waals surface area contributed by atoms with Crippen LogP contribution in [0.25, 0.3) is 11.1 Å². The van der Waals surface area contributed by atoms with Crippen LogP contribution in [0.3, 0.4) is 0 Å². The average molecular weight is 627 g/mol. The van der Waals surface area contributed by atoms with Crippen molar-refractivity contribution in [2.24, 2.45) is 5.92 Å². The van der Waals surface area contributed by atoms with E-state index < -0.39 is 38.4 Å². The second kappa shape index (κ2) is 10.5. The quantitative estimate of drug-likeness (QED) is 0.263. The Morgan fingerprint density at radius 2 is 1.69 bits per heavy atom. The summed E-state index contributed by atoms with van der Waals surface area (Å²) in [5.74, 6) is -1.65. The number of sulfone groups is 1. The molecule has 3 atom stereocenters. The van der Waals surface area contributed by atoms with E-state index in [9.17, 15) is 18.0 Å². The minimum absolute atomic E-state index is 0.117. The Balaban J connectivity index is 1.45. The van der Waals surface area contributed by atoms with Gasteiger partial charge in [0.05, 0.1) is 30.2 Å². The lowest BCUT2D eigenvalue weighted by Crippen LogP contribution is -2.46. The molecular formula is C29H25Cl2N5O5S. The number of anilines is 2. The number of fused-ring (bicyclic) bond motifs is 1. The molecule has 6 rings (SSSR count). The number of halogens is 2. The van der Waals surface area contributed by atoms with Gasteiger partial charge in [-0.05, 0) is 49.1 Å². The summed E-state index contributed by atoms with van der Waals surface area (Å²) in [6.07, 6.45) is 6.96. The molecule has 10 nitrogen and oxygen atoms in total. The van der Waals surface area contributed by atoms with Crippen molar-refractivity contribution in [3.63, 3.8) is 0 Å². The summed E-state index contributed by atoms with van der Waals surface area (Å²) in [6, 6.07) is 12.2. The minimum atomic E-state index is -4.09. The highest BCUT2D eigenvalue weighted by atomic mass is 35.5. The van der Waals surface area contributed by atoms with Crippen molar-refractivity contribution in [3.05, 3.63) is 83.0 Å². The van der Waals surface area contributed by atoms with Crippen LogP contribution in [0.1, 0.15) is 25.3 Å². The Bertz CT molecular complexity index is 1790. The molecule has 0 N–H and O–H groups in total. The van der Waals surface area contributed by atoms with Crippen molar-refractivity contribution < 1.29 is 22.7 Å². The summed E-state index contributed by atoms with van der Waals surface area (Å²) in [6.45, 7) is 1.68. The van der Waals surface area contributed by atoms with E-state index in [4.69, 9.17) is 27.9 Å². The van der Waals surface area contributed by atoms with Gasteiger partial charge in [0, 0.05) is 34.4 Å². The molecule has 1 aliphatic carbocycles. The number of imidazole rings is 1. The molecule has 0 radical (unpaired) electrons. The van der Waals surface area contributed by atoms with Crippen LogP contribution in [0, 0.1) is 5.92 Å². The number of methoxy groups -OCH3 is 1. The van der Waals surface area contributed by atoms with Crippen LogP contribution >= 0.6 is 23.2 Å². The summed E-state index contributed by atoms with van der Waals surface area (Å²) in [5.41, 5.74) is 1.47. The van der Waals surface area contributed by atoms with Crippen LogP contribution in [-0.2, 0) is 36.1 Å². The van der Waals surface area contributed by atoms with Gasteiger partial charge in [-0.25, -0.2) is 28.3 Å². The molecule has 2 aliphatic rings. The van der Waals surface area contributed by atoms with Crippen LogP contribution in [0.4, 0.5) is 11.6 Å². The van der Waals surface area contributed by atoms with E-state index in [1.807, 2.05) is 24.3 Å². The van der Waals surface area contributed by atoms with E-state index in [0.717, 1.165) is 16.7 Å². The number of ether oxygens (including phenoxy) is 1. The number of benzene rings is 2. The van der Waals surface area contributed by atoms with Gasteiger partial charge >= 0.3 is 5.97 Å². The number of amides is 1. The number of esters is 1. The summed E-state index contributed by atoms with van der Waals surface area (Å²) in [4.78, 5) is 40.5. The number of carbonyl (C=O) groups is 2. The monoisotopic (exact) mass is 625 g/mol. The van der Waals surface area contributed by atoms with E-state index >= 15 is 0 Å². The third kappa shape index (κ3) is 4.56. The van der Waals surface area contributed by atoms with Gasteiger partial charge in [-0.3, -0.25) is 14.2 Å². The van der Waals surface area contributed by atoms with Crippen molar-refractivity contribution in [3.8, 4) is 11.1 Å². The first-order valence-electron chi connectivity index (χ1n) is 13.1. The summed E-state index contributed by atoms with van der Waals surface area (Å²) in [7, 11) is -2.85. The third-order valence-corrected chi connectivity index (χ3v) is 10.6. The van der Waals surface area contributed by atoms with Gasteiger partial charge in [-0.2, -0.15) is 0 Å². The second-order valence-corrected chi connectivity index (χ2v) is 13.6. The van der Waals surface area contributed by atoms with Gasteiger partial charge < -0.3 is 4.74 Å². The zero-order valence-corrected chi connectivity index (χ0v) is 24.9. The fourth-order valence-electron chi connectivity index (χ4n) is 5.71. The number of rotatable bonds is 7. The lowest BCUT2D eigenvalue weighted by Gasteiger charge is -2.34. The number of hydrogen-bond donors (Lipinski definition) is 0. The maximum Gasteiger partial charge on any atom is 0.309 e. The highest BCUT2D eigenvalue weighted by Gasteiger charge is 2.54. The maximum atomic E-state index is 14.3. The number of hydrogen-bond acceptors (Lipinski definition) is 8. The summed E-state index contributed by atoms with van der Waals surface area (Å²) < 4.78 is 34.3. The van der Waals surface area contributed by atoms with Gasteiger partial charge in [0.15, 0.2) is 14.9 Å². The molecule has 1 aliphatic heterocycles. The molecule has 13 heteroatoms. The largest absolute Gasteiger partial charge is 0.469 e. The van der Waals surface area contributed by atoms with E-state index in [1.165, 1.54) is 35.2 Å². The Hall–Kier alpha value is -3.80. The van der Waals surface area contributed by atoms with E-state index in [0.29, 0.717) is 28.6 Å². The van der Waals surface area contributed by atoms with Crippen molar-refractivity contribution in [2.75, 3.05) is 12.0 Å². The standard InChI is InChI=1S/C29H25Cl2N5O5S/c1-29(12-17-3-5-18(6-4-17)19-13-32-16-33-14-19)27(38)35(22-10-20(30)9-21(31)11-22)28-34-15-25(36(28)29)42(39,40)24-8-7-23(24)26(37)41-2/h3-6,9-11,13-16,23-24H,7-8,12H2,1-2H3/t23-,24?,29-/m1/s1. The van der Waals surface area contributed by atoms with Crippen molar-refractivity contribution in [1.82, 2.24) is 19.5 Å². The number of nitrogens with zero attached hydrogens (tertiary/aromatic N) is 5. The average Bonchev–Trinajstić information content (AvgIpc) is 3.46. The Morgan fingerprint density at radius 1 is 1.02 bits per heavy atom. The molecule has 1 unspecified atom stereocenters. The van der Waals surface area contributed by atoms with Gasteiger partial charge in [0.2, 0.25) is 5.95 Å². The zero-order chi connectivity index (χ0) is 29.8. The SMILES string of the molecule is COC(=O)[C@@H]1CCC1S(=O)(=O)c1cnc2n1[C@](C)(Cc1ccc(-c3cncnc3)cc1)C(=O)N2c1cc(Cl)cc(Cl)c1. The summed E-state index contributed by atoms with van der Waals surface area (Å²) >= 11 is 12.6. The molecule has 0 bridgehead atoms. The smallest absolute Gasteiger partial charge is 0.309 e. The molecule has 2 aromatic carbocycles. The molecule has 42 heavy (non-hydrogen) atoms. The number of aromatic nitrogens is 4. The topological polar surface area (TPSA) is 124 Å². The van der Waals surface area contributed by atoms with Gasteiger partial charge in [0.1, 0.15) is 11.9 Å². The van der Waals surface area contributed by atoms with E-state index in [1.54, 1.807) is 31.5 Å². The Morgan fingerprint density at radius 3 is 2.29 bits per heavy atom.